The molecule has 574 valence electrons. The number of para-hydroxylation sites is 2. The molecule has 1 aliphatic rings. The number of aromatic hydroxyl groups is 2. The summed E-state index contributed by atoms with van der Waals surface area (Å²) < 4.78 is 35.6. The zero-order chi connectivity index (χ0) is 78.2. The summed E-state index contributed by atoms with van der Waals surface area (Å²) in [6, 6.07) is 43.5. The minimum Gasteiger partial charge on any atom is -0.508 e. The maximum Gasteiger partial charge on any atom is 0.311 e. The van der Waals surface area contributed by atoms with Gasteiger partial charge < -0.3 is 49.3 Å². The van der Waals surface area contributed by atoms with Crippen molar-refractivity contribution in [2.24, 2.45) is 15.2 Å². The van der Waals surface area contributed by atoms with Crippen LogP contribution in [-0.4, -0.2) is 99.0 Å². The molecule has 1 fully saturated rings. The summed E-state index contributed by atoms with van der Waals surface area (Å²) in [6.07, 6.45) is 14.1. The molecular weight excluding hydrogens is 1510 g/mol. The Labute approximate surface area is 660 Å². The number of anilines is 3. The van der Waals surface area contributed by atoms with Crippen molar-refractivity contribution in [3.8, 4) is 51.7 Å². The molecule has 3 amide bonds. The third-order valence-electron chi connectivity index (χ3n) is 17.5. The number of aryl methyl sites for hydroxylation is 1. The summed E-state index contributed by atoms with van der Waals surface area (Å²) in [5, 5.41) is 63.0. The Morgan fingerprint density at radius 3 is 2.05 bits per heavy atom. The fourth-order valence-corrected chi connectivity index (χ4v) is 13.6. The number of hydrogen-bond acceptors (Lipinski definition) is 20. The Morgan fingerprint density at radius 2 is 1.35 bits per heavy atom. The number of nitro benzene ring substituents is 1. The van der Waals surface area contributed by atoms with Crippen LogP contribution in [-0.2, 0) is 21.9 Å². The van der Waals surface area contributed by atoms with E-state index in [-0.39, 0.29) is 71.5 Å². The Balaban J connectivity index is 0.000000240. The van der Waals surface area contributed by atoms with E-state index in [1.54, 1.807) is 111 Å². The summed E-state index contributed by atoms with van der Waals surface area (Å²) in [7, 11) is 4.60. The summed E-state index contributed by atoms with van der Waals surface area (Å²) in [4.78, 5) is 57.2. The van der Waals surface area contributed by atoms with Gasteiger partial charge in [-0.15, -0.1) is 5.10 Å². The molecule has 0 radical (unpaired) electrons. The van der Waals surface area contributed by atoms with Crippen molar-refractivity contribution in [1.82, 2.24) is 25.6 Å². The molecule has 30 heteroatoms. The highest BCUT2D eigenvalue weighted by Gasteiger charge is 2.41. The number of phenolic OH excluding ortho intramolecular Hbond substituents is 2. The van der Waals surface area contributed by atoms with Gasteiger partial charge in [-0.05, 0) is 144 Å². The quantitative estimate of drug-likeness (QED) is 0.00810. The molecule has 2 unspecified atom stereocenters. The van der Waals surface area contributed by atoms with Crippen LogP contribution in [0.1, 0.15) is 118 Å². The number of amides is 3. The highest BCUT2D eigenvalue weighted by molar-refractivity contribution is 7.98. The monoisotopic (exact) mass is 1590 g/mol. The number of rotatable bonds is 35. The highest BCUT2D eigenvalue weighted by atomic mass is 35.5. The Morgan fingerprint density at radius 1 is 0.691 bits per heavy atom. The van der Waals surface area contributed by atoms with Crippen LogP contribution < -0.4 is 49.5 Å². The normalized spacial score (nSPS) is 13.2. The van der Waals surface area contributed by atoms with Crippen LogP contribution >= 0.6 is 58.2 Å². The fraction of sp³-hybridized carbons (Fsp3) is 0.287. The lowest BCUT2D eigenvalue weighted by molar-refractivity contribution is -0.385. The van der Waals surface area contributed by atoms with Gasteiger partial charge in [-0.3, -0.25) is 29.9 Å². The molecule has 10 aromatic rings. The number of aromatic nitrogens is 4. The smallest absolute Gasteiger partial charge is 0.311 e. The number of fused-ring (bicyclic) bond motifs is 1. The molecule has 0 aliphatic carbocycles. The first kappa shape index (κ1) is 81.6. The lowest BCUT2D eigenvalue weighted by atomic mass is 10.0. The lowest BCUT2D eigenvalue weighted by Crippen LogP contribution is -2.36. The number of phenols is 2. The van der Waals surface area contributed by atoms with Gasteiger partial charge >= 0.3 is 5.69 Å². The van der Waals surface area contributed by atoms with Gasteiger partial charge in [0, 0.05) is 39.4 Å². The lowest BCUT2D eigenvalue weighted by Gasteiger charge is -2.19. The summed E-state index contributed by atoms with van der Waals surface area (Å²) in [5.41, 5.74) is 6.31. The molecule has 5 N–H and O–H groups in total. The zero-order valence-electron chi connectivity index (χ0n) is 61.2. The number of carbonyl (C=O) groups is 3. The highest BCUT2D eigenvalue weighted by Crippen LogP contribution is 2.43. The summed E-state index contributed by atoms with van der Waals surface area (Å²) >= 11 is 26.9. The van der Waals surface area contributed by atoms with Crippen molar-refractivity contribution in [2.75, 3.05) is 43.6 Å². The van der Waals surface area contributed by atoms with Crippen LogP contribution in [0.5, 0.6) is 51.7 Å². The molecule has 11 rings (SSSR count). The molecule has 1 aliphatic heterocycles. The van der Waals surface area contributed by atoms with E-state index < -0.39 is 34.8 Å². The van der Waals surface area contributed by atoms with Gasteiger partial charge in [-0.1, -0.05) is 190 Å². The van der Waals surface area contributed by atoms with E-state index in [1.807, 2.05) is 30.3 Å². The SMILES string of the molecule is CCCCCCCCCCCCCCOc1ccccc1NC(=O)c1cc(Oc2ccc(CSc3nnnn3Cc3ccc(OC)cc3)cc2[N+](=O)[O-])c2ccccc2c1O.COc1ccc(N=NC2C(=O)N(c3c(Cl)cc(Cl)cc3Cl)NC2=Nc2cc(NC(=O)C(C)Oc3ccc(O)c(C)c3)ccc2Cl)cc1OC. The number of methoxy groups -OCH3 is 3. The number of amidine groups is 1. The number of aliphatic imine (C=N–C) groups is 1. The number of nitrogens with one attached hydrogen (secondary N) is 3. The third-order valence-corrected chi connectivity index (χ3v) is 19.7. The number of tetrazole rings is 1. The summed E-state index contributed by atoms with van der Waals surface area (Å²) in [6.45, 7) is 6.50. The molecule has 2 atom stereocenters. The second-order valence-corrected chi connectivity index (χ2v) is 28.0. The maximum absolute atomic E-state index is 13.9. The second-order valence-electron chi connectivity index (χ2n) is 25.4. The molecule has 25 nitrogen and oxygen atoms in total. The molecule has 0 saturated carbocycles. The van der Waals surface area contributed by atoms with Gasteiger partial charge in [0.2, 0.25) is 16.9 Å². The Hall–Kier alpha value is -10.9. The van der Waals surface area contributed by atoms with Gasteiger partial charge in [0.1, 0.15) is 40.2 Å². The number of ether oxygens (including phenoxy) is 6. The van der Waals surface area contributed by atoms with E-state index >= 15 is 0 Å². The van der Waals surface area contributed by atoms with Gasteiger partial charge in [0.05, 0.1) is 77.1 Å². The predicted molar refractivity (Wildman–Crippen MR) is 429 cm³/mol. The van der Waals surface area contributed by atoms with E-state index in [0.717, 1.165) is 29.2 Å². The number of halogens is 4. The number of unbranched alkanes of at least 4 members (excludes halogenated alkanes) is 11. The van der Waals surface area contributed by atoms with E-state index in [9.17, 15) is 34.7 Å². The van der Waals surface area contributed by atoms with Crippen LogP contribution in [0.25, 0.3) is 10.8 Å². The van der Waals surface area contributed by atoms with E-state index in [0.29, 0.717) is 86.0 Å². The predicted octanol–water partition coefficient (Wildman–Crippen LogP) is 20.4. The van der Waals surface area contributed by atoms with Crippen LogP contribution in [0.2, 0.25) is 20.1 Å². The number of benzene rings is 9. The van der Waals surface area contributed by atoms with Gasteiger partial charge in [0.25, 0.3) is 17.7 Å². The number of hydrazine groups is 1. The van der Waals surface area contributed by atoms with Crippen molar-refractivity contribution < 1.29 is 57.9 Å². The maximum atomic E-state index is 13.9. The molecule has 0 spiro atoms. The van der Waals surface area contributed by atoms with Crippen molar-refractivity contribution in [3.63, 3.8) is 0 Å². The molecular formula is C80H82Cl4N12O13S. The second kappa shape index (κ2) is 40.0. The van der Waals surface area contributed by atoms with Gasteiger partial charge in [-0.2, -0.15) is 10.2 Å². The molecule has 1 saturated heterocycles. The van der Waals surface area contributed by atoms with Crippen molar-refractivity contribution in [3.05, 3.63) is 216 Å². The first-order chi connectivity index (χ1) is 53.2. The van der Waals surface area contributed by atoms with Crippen LogP contribution in [0.3, 0.4) is 0 Å². The number of hydrogen-bond donors (Lipinski definition) is 5. The number of azo groups is 1. The minimum absolute atomic E-state index is 0.0261. The Bertz CT molecular complexity index is 4940. The van der Waals surface area contributed by atoms with Gasteiger partial charge in [0.15, 0.2) is 23.4 Å². The number of carbonyl (C=O) groups excluding carboxylic acids is 3. The Kier molecular flexibility index (Phi) is 29.7. The van der Waals surface area contributed by atoms with Crippen molar-refractivity contribution in [1.29, 1.82) is 0 Å². The standard InChI is InChI=1S/C47H54N6O7S.C33H28Cl4N6O6/c1-3-4-5-6-7-8-9-10-11-12-13-18-29-59-42-22-17-16-21-40(42)48-46(55)39-31-44(37-19-14-15-20-38(37)45(39)54)60-43-28-25-35(30-41(43)53(56)57)33-61-47-49-50-51-52(47)32-34-23-26-36(58-2)27-24-34;1-16-11-21(7-9-26(16)44)49-17(2)32(45)38-19-5-8-22(35)25(14-19)39-31-29(41-40-20-6-10-27(47-3)28(15-20)48-4)33(46)43(42-31)30-23(36)12-18(34)13-24(30)37/h14-17,19-28,30-31,54H,3-13,18,29,32-33H2,1-2H3,(H,48,55);5-15,17,29,44H,1-4H3,(H,38,45)(H,39,42). The van der Waals surface area contributed by atoms with E-state index in [4.69, 9.17) is 74.8 Å². The van der Waals surface area contributed by atoms with Crippen molar-refractivity contribution >= 4 is 127 Å². The minimum atomic E-state index is -1.30. The fourth-order valence-electron chi connectivity index (χ4n) is 11.6. The zero-order valence-corrected chi connectivity index (χ0v) is 65.0. The van der Waals surface area contributed by atoms with Crippen LogP contribution in [0.4, 0.5) is 34.1 Å². The molecule has 9 aromatic carbocycles. The molecule has 2 heterocycles. The third kappa shape index (κ3) is 22.0. The molecule has 1 aromatic heterocycles. The van der Waals surface area contributed by atoms with E-state index in [2.05, 4.69) is 53.7 Å². The number of nitro groups is 1. The van der Waals surface area contributed by atoms with Crippen LogP contribution in [0.15, 0.2) is 184 Å². The first-order valence-corrected chi connectivity index (χ1v) is 38.0. The molecule has 110 heavy (non-hydrogen) atoms. The largest absolute Gasteiger partial charge is 0.508 e. The van der Waals surface area contributed by atoms with Gasteiger partial charge in [-0.25, -0.2) is 14.7 Å². The number of nitrogens with zero attached hydrogens (tertiary/aromatic N) is 9. The van der Waals surface area contributed by atoms with Crippen molar-refractivity contribution in [2.45, 2.75) is 127 Å². The first-order valence-electron chi connectivity index (χ1n) is 35.5. The average Bonchev–Trinajstić information content (AvgIpc) is 1.41. The molecule has 0 bridgehead atoms. The summed E-state index contributed by atoms with van der Waals surface area (Å²) in [5.74, 6) is 1.31. The average molecular weight is 1590 g/mol. The van der Waals surface area contributed by atoms with Crippen LogP contribution in [0, 0.1) is 17.0 Å². The topological polar surface area (TPSA) is 310 Å². The number of thioether (sulfide) groups is 1. The van der Waals surface area contributed by atoms with E-state index in [1.165, 1.54) is 139 Å².